The molecule has 0 atom stereocenters. The Morgan fingerprint density at radius 1 is 1.12 bits per heavy atom. The molecule has 220 valence electrons. The molecule has 3 amide bonds. The number of hydrogen-bond acceptors (Lipinski definition) is 7. The predicted molar refractivity (Wildman–Crippen MR) is 162 cm³/mol. The van der Waals surface area contributed by atoms with Crippen LogP contribution >= 0.6 is 11.6 Å². The number of nitrogens with one attached hydrogen (secondary N) is 4. The molecule has 2 aromatic carbocycles. The number of amides is 3. The van der Waals surface area contributed by atoms with E-state index in [4.69, 9.17) is 22.1 Å². The number of carbonyl (C=O) groups is 2. The second-order valence-corrected chi connectivity index (χ2v) is 10.6. The van der Waals surface area contributed by atoms with Gasteiger partial charge in [-0.1, -0.05) is 54.1 Å². The first-order chi connectivity index (χ1) is 20.3. The number of rotatable bonds is 8. The van der Waals surface area contributed by atoms with Crippen molar-refractivity contribution in [3.63, 3.8) is 0 Å². The predicted octanol–water partition coefficient (Wildman–Crippen LogP) is 2.81. The Labute approximate surface area is 249 Å². The van der Waals surface area contributed by atoms with Gasteiger partial charge in [0.15, 0.2) is 28.4 Å². The number of urea groups is 1. The van der Waals surface area contributed by atoms with Gasteiger partial charge in [-0.05, 0) is 42.5 Å². The van der Waals surface area contributed by atoms with Crippen LogP contribution < -0.4 is 31.7 Å². The Balaban J connectivity index is 1.07. The number of ether oxygens (including phenoxy) is 1. The molecule has 0 radical (unpaired) electrons. The molecule has 0 aliphatic carbocycles. The number of piperidine rings is 1. The summed E-state index contributed by atoms with van der Waals surface area (Å²) in [6.07, 6.45) is 2.11. The van der Waals surface area contributed by atoms with Crippen LogP contribution in [0.1, 0.15) is 34.5 Å². The minimum Gasteiger partial charge on any atom is -0.489 e. The first-order valence-electron chi connectivity index (χ1n) is 13.8. The summed E-state index contributed by atoms with van der Waals surface area (Å²) in [5.74, 6) is 0.771. The van der Waals surface area contributed by atoms with Gasteiger partial charge in [0.1, 0.15) is 12.4 Å². The highest BCUT2D eigenvalue weighted by molar-refractivity contribution is 6.31. The number of guanidine groups is 1. The molecule has 2 saturated heterocycles. The summed E-state index contributed by atoms with van der Waals surface area (Å²) in [6.45, 7) is 2.77. The monoisotopic (exact) mass is 591 g/mol. The van der Waals surface area contributed by atoms with E-state index in [0.29, 0.717) is 58.0 Å². The van der Waals surface area contributed by atoms with E-state index >= 15 is 0 Å². The molecule has 2 fully saturated rings. The maximum atomic E-state index is 12.8. The van der Waals surface area contributed by atoms with E-state index in [1.54, 1.807) is 7.05 Å². The van der Waals surface area contributed by atoms with Crippen LogP contribution in [0, 0.1) is 0 Å². The van der Waals surface area contributed by atoms with Gasteiger partial charge in [-0.3, -0.25) is 4.79 Å². The van der Waals surface area contributed by atoms with Crippen LogP contribution in [0.15, 0.2) is 59.6 Å². The summed E-state index contributed by atoms with van der Waals surface area (Å²) in [6, 6.07) is 17.9. The van der Waals surface area contributed by atoms with Gasteiger partial charge < -0.3 is 36.6 Å². The van der Waals surface area contributed by atoms with Crippen LogP contribution in [-0.4, -0.2) is 71.5 Å². The molecular weight excluding hydrogens is 558 g/mol. The smallest absolute Gasteiger partial charge is 0.317 e. The maximum absolute atomic E-state index is 12.8. The molecule has 0 unspecified atom stereocenters. The summed E-state index contributed by atoms with van der Waals surface area (Å²) < 4.78 is 5.92. The van der Waals surface area contributed by atoms with E-state index in [2.05, 4.69) is 36.2 Å². The van der Waals surface area contributed by atoms with Crippen molar-refractivity contribution in [1.29, 1.82) is 0 Å². The number of likely N-dealkylation sites (tertiary alicyclic amines) is 1. The second-order valence-electron chi connectivity index (χ2n) is 10.3. The normalized spacial score (nSPS) is 16.5. The minimum atomic E-state index is -0.606. The Morgan fingerprint density at radius 2 is 1.88 bits per heavy atom. The van der Waals surface area contributed by atoms with Gasteiger partial charge in [0.25, 0.3) is 0 Å². The third-order valence-corrected chi connectivity index (χ3v) is 7.63. The molecule has 1 aromatic heterocycles. The number of anilines is 2. The van der Waals surface area contributed by atoms with Crippen LogP contribution in [-0.2, 0) is 13.0 Å². The van der Waals surface area contributed by atoms with Crippen molar-refractivity contribution in [2.75, 3.05) is 44.3 Å². The minimum absolute atomic E-state index is 0.0216. The van der Waals surface area contributed by atoms with Gasteiger partial charge in [-0.25, -0.2) is 14.8 Å². The van der Waals surface area contributed by atoms with Crippen LogP contribution in [0.25, 0.3) is 0 Å². The van der Waals surface area contributed by atoms with Crippen molar-refractivity contribution in [2.24, 2.45) is 4.99 Å². The molecule has 3 heterocycles. The van der Waals surface area contributed by atoms with Crippen molar-refractivity contribution in [2.45, 2.75) is 31.4 Å². The molecule has 5 rings (SSSR count). The second kappa shape index (κ2) is 12.9. The molecule has 42 heavy (non-hydrogen) atoms. The number of halogens is 1. The zero-order valence-corrected chi connectivity index (χ0v) is 24.1. The topological polar surface area (TPSA) is 159 Å². The van der Waals surface area contributed by atoms with Crippen LogP contribution in [0.4, 0.5) is 16.4 Å². The van der Waals surface area contributed by atoms with E-state index in [9.17, 15) is 9.59 Å². The van der Waals surface area contributed by atoms with E-state index in [1.165, 1.54) is 0 Å². The molecule has 3 aromatic rings. The largest absolute Gasteiger partial charge is 0.489 e. The number of nitrogen functional groups attached to an aromatic ring is 1. The first kappa shape index (κ1) is 28.9. The highest BCUT2D eigenvalue weighted by Crippen LogP contribution is 2.25. The SMILES string of the molecule is CNc1nc(N)c(Cl)nc1C(=O)/N=C1\NCC2(CCN(C(=O)NCCc3cccc(OCc4ccccc4)c3)CC2)N1. The van der Waals surface area contributed by atoms with Crippen LogP contribution in [0.2, 0.25) is 5.15 Å². The number of aromatic nitrogens is 2. The fourth-order valence-electron chi connectivity index (χ4n) is 4.96. The lowest BCUT2D eigenvalue weighted by Crippen LogP contribution is -2.55. The fourth-order valence-corrected chi connectivity index (χ4v) is 5.09. The molecule has 6 N–H and O–H groups in total. The third kappa shape index (κ3) is 7.00. The van der Waals surface area contributed by atoms with E-state index in [-0.39, 0.29) is 34.1 Å². The number of carbonyl (C=O) groups excluding carboxylic acids is 2. The average Bonchev–Trinajstić information content (AvgIpc) is 3.39. The van der Waals surface area contributed by atoms with Crippen LogP contribution in [0.3, 0.4) is 0 Å². The van der Waals surface area contributed by atoms with Crippen LogP contribution in [0.5, 0.6) is 5.75 Å². The molecule has 0 bridgehead atoms. The first-order valence-corrected chi connectivity index (χ1v) is 14.2. The van der Waals surface area contributed by atoms with Crippen molar-refractivity contribution in [3.8, 4) is 5.75 Å². The number of nitrogens with zero attached hydrogens (tertiary/aromatic N) is 4. The number of hydrogen-bond donors (Lipinski definition) is 5. The summed E-state index contributed by atoms with van der Waals surface area (Å²) in [5.41, 5.74) is 7.57. The lowest BCUT2D eigenvalue weighted by Gasteiger charge is -2.38. The summed E-state index contributed by atoms with van der Waals surface area (Å²) >= 11 is 5.96. The Hall–Kier alpha value is -4.58. The highest BCUT2D eigenvalue weighted by Gasteiger charge is 2.40. The van der Waals surface area contributed by atoms with Gasteiger partial charge in [0.2, 0.25) is 0 Å². The summed E-state index contributed by atoms with van der Waals surface area (Å²) in [7, 11) is 1.60. The lowest BCUT2D eigenvalue weighted by atomic mass is 9.89. The van der Waals surface area contributed by atoms with Crippen molar-refractivity contribution in [3.05, 3.63) is 76.6 Å². The van der Waals surface area contributed by atoms with Gasteiger partial charge in [0.05, 0.1) is 5.54 Å². The van der Waals surface area contributed by atoms with Gasteiger partial charge in [0, 0.05) is 33.2 Å². The third-order valence-electron chi connectivity index (χ3n) is 7.35. The van der Waals surface area contributed by atoms with Gasteiger partial charge in [-0.15, -0.1) is 0 Å². The lowest BCUT2D eigenvalue weighted by molar-refractivity contribution is 0.0998. The fraction of sp³-hybridized carbons (Fsp3) is 0.345. The molecule has 2 aliphatic heterocycles. The maximum Gasteiger partial charge on any atom is 0.317 e. The number of benzene rings is 2. The summed E-state index contributed by atoms with van der Waals surface area (Å²) in [5, 5.41) is 12.3. The molecule has 12 nitrogen and oxygen atoms in total. The summed E-state index contributed by atoms with van der Waals surface area (Å²) in [4.78, 5) is 39.7. The quantitative estimate of drug-likeness (QED) is 0.265. The zero-order valence-electron chi connectivity index (χ0n) is 23.3. The molecule has 0 saturated carbocycles. The Morgan fingerprint density at radius 3 is 2.64 bits per heavy atom. The Bertz CT molecular complexity index is 1460. The average molecular weight is 592 g/mol. The van der Waals surface area contributed by atoms with E-state index in [0.717, 1.165) is 16.9 Å². The van der Waals surface area contributed by atoms with Gasteiger partial charge in [-0.2, -0.15) is 4.99 Å². The Kier molecular flexibility index (Phi) is 8.91. The number of aliphatic imine (C=N–C) groups is 1. The highest BCUT2D eigenvalue weighted by atomic mass is 35.5. The van der Waals surface area contributed by atoms with E-state index < -0.39 is 5.91 Å². The van der Waals surface area contributed by atoms with Crippen molar-refractivity contribution >= 4 is 41.1 Å². The van der Waals surface area contributed by atoms with Crippen molar-refractivity contribution < 1.29 is 14.3 Å². The molecule has 13 heteroatoms. The number of nitrogens with two attached hydrogens (primary N) is 1. The molecular formula is C29H34ClN9O3. The van der Waals surface area contributed by atoms with Gasteiger partial charge >= 0.3 is 11.9 Å². The van der Waals surface area contributed by atoms with Crippen molar-refractivity contribution in [1.82, 2.24) is 30.8 Å². The molecule has 1 spiro atoms. The standard InChI is InChI=1S/C29H34ClN9O3/c1-32-25-22(35-23(30)24(31)36-25)26(40)37-27-34-18-29(38-27)11-14-39(15-12-29)28(41)33-13-10-19-8-5-9-21(16-19)42-17-20-6-3-2-4-7-20/h2-9,16H,10-15,17-18H2,1H3,(H,33,41)(H3,31,32,36)(H2,34,37,38,40). The zero-order chi connectivity index (χ0) is 29.5. The van der Waals surface area contributed by atoms with E-state index in [1.807, 2.05) is 59.5 Å². The molecule has 2 aliphatic rings.